The van der Waals surface area contributed by atoms with Gasteiger partial charge in [0.2, 0.25) is 0 Å². The fourth-order valence-corrected chi connectivity index (χ4v) is 1.31. The zero-order valence-electron chi connectivity index (χ0n) is 7.61. The first-order valence-corrected chi connectivity index (χ1v) is 4.31. The summed E-state index contributed by atoms with van der Waals surface area (Å²) >= 11 is 0. The Morgan fingerprint density at radius 2 is 2.07 bits per heavy atom. The lowest BCUT2D eigenvalue weighted by atomic mass is 10.1. The van der Waals surface area contributed by atoms with Gasteiger partial charge >= 0.3 is 0 Å². The number of aliphatic hydroxyl groups is 1. The molecule has 1 atom stereocenters. The maximum atomic E-state index is 13.3. The molecule has 2 rings (SSSR count). The normalized spacial score (nSPS) is 12.7. The van der Waals surface area contributed by atoms with Crippen molar-refractivity contribution in [2.24, 2.45) is 0 Å². The fraction of sp³-hybridized carbons (Fsp3) is 0.100. The second-order valence-electron chi connectivity index (χ2n) is 3.08. The number of nitrogens with zero attached hydrogens (tertiary/aromatic N) is 1. The van der Waals surface area contributed by atoms with Crippen LogP contribution >= 0.6 is 0 Å². The monoisotopic (exact) mass is 210 g/mol. The first-order valence-electron chi connectivity index (χ1n) is 4.31. The summed E-state index contributed by atoms with van der Waals surface area (Å²) in [5.41, 5.74) is 0.207. The number of aromatic nitrogens is 2. The molecular weight excluding hydrogens is 202 g/mol. The van der Waals surface area contributed by atoms with E-state index in [0.29, 0.717) is 5.69 Å². The molecule has 0 radical (unpaired) electrons. The standard InChI is InChI=1S/C10H8F2N2O/c11-6-1-2-8(12)7(5-6)10(15)9-3-4-13-14-9/h1-5,10,15H,(H,13,14). The Morgan fingerprint density at radius 1 is 1.27 bits per heavy atom. The minimum absolute atomic E-state index is 0.112. The molecule has 0 aliphatic heterocycles. The Labute approximate surface area is 84.4 Å². The predicted octanol–water partition coefficient (Wildman–Crippen LogP) is 1.77. The van der Waals surface area contributed by atoms with E-state index in [1.54, 1.807) is 0 Å². The van der Waals surface area contributed by atoms with Gasteiger partial charge < -0.3 is 5.11 Å². The number of H-pyrrole nitrogens is 1. The Bertz CT molecular complexity index is 456. The molecule has 0 spiro atoms. The molecule has 5 heteroatoms. The molecule has 78 valence electrons. The van der Waals surface area contributed by atoms with Gasteiger partial charge in [-0.3, -0.25) is 5.10 Å². The molecule has 0 fully saturated rings. The van der Waals surface area contributed by atoms with Crippen LogP contribution < -0.4 is 0 Å². The predicted molar refractivity (Wildman–Crippen MR) is 49.0 cm³/mol. The van der Waals surface area contributed by atoms with E-state index in [2.05, 4.69) is 10.2 Å². The summed E-state index contributed by atoms with van der Waals surface area (Å²) in [4.78, 5) is 0. The van der Waals surface area contributed by atoms with Crippen molar-refractivity contribution in [3.63, 3.8) is 0 Å². The summed E-state index contributed by atoms with van der Waals surface area (Å²) in [7, 11) is 0. The SMILES string of the molecule is OC(c1ccn[nH]1)c1cc(F)ccc1F. The number of benzene rings is 1. The van der Waals surface area contributed by atoms with Gasteiger partial charge in [0.05, 0.1) is 5.69 Å². The fourth-order valence-electron chi connectivity index (χ4n) is 1.31. The highest BCUT2D eigenvalue weighted by atomic mass is 19.1. The van der Waals surface area contributed by atoms with Crippen LogP contribution in [-0.2, 0) is 0 Å². The maximum Gasteiger partial charge on any atom is 0.129 e. The molecule has 3 nitrogen and oxygen atoms in total. The van der Waals surface area contributed by atoms with E-state index in [1.807, 2.05) is 0 Å². The minimum atomic E-state index is -1.23. The van der Waals surface area contributed by atoms with Crippen molar-refractivity contribution >= 4 is 0 Å². The van der Waals surface area contributed by atoms with Crippen LogP contribution in [0, 0.1) is 11.6 Å². The van der Waals surface area contributed by atoms with Gasteiger partial charge in [-0.15, -0.1) is 0 Å². The first-order chi connectivity index (χ1) is 7.18. The summed E-state index contributed by atoms with van der Waals surface area (Å²) in [6, 6.07) is 4.43. The molecule has 0 bridgehead atoms. The third-order valence-corrected chi connectivity index (χ3v) is 2.07. The van der Waals surface area contributed by atoms with E-state index >= 15 is 0 Å². The van der Waals surface area contributed by atoms with Crippen molar-refractivity contribution in [3.05, 3.63) is 53.4 Å². The van der Waals surface area contributed by atoms with E-state index in [4.69, 9.17) is 0 Å². The van der Waals surface area contributed by atoms with Crippen LogP contribution in [0.3, 0.4) is 0 Å². The highest BCUT2D eigenvalue weighted by Crippen LogP contribution is 2.23. The summed E-state index contributed by atoms with van der Waals surface area (Å²) in [5, 5.41) is 15.8. The number of hydrogen-bond donors (Lipinski definition) is 2. The molecule has 0 aliphatic carbocycles. The Kier molecular flexibility index (Phi) is 2.47. The lowest BCUT2D eigenvalue weighted by Crippen LogP contribution is -2.03. The van der Waals surface area contributed by atoms with Crippen LogP contribution in [0.5, 0.6) is 0 Å². The molecular formula is C10H8F2N2O. The summed E-state index contributed by atoms with van der Waals surface area (Å²) in [6.45, 7) is 0. The lowest BCUT2D eigenvalue weighted by Gasteiger charge is -2.09. The largest absolute Gasteiger partial charge is 0.382 e. The Balaban J connectivity index is 2.41. The summed E-state index contributed by atoms with van der Waals surface area (Å²) in [5.74, 6) is -1.25. The number of aromatic amines is 1. The molecule has 0 aliphatic rings. The number of hydrogen-bond acceptors (Lipinski definition) is 2. The molecule has 1 unspecified atom stereocenters. The van der Waals surface area contributed by atoms with Crippen molar-refractivity contribution in [1.82, 2.24) is 10.2 Å². The van der Waals surface area contributed by atoms with Crippen molar-refractivity contribution in [3.8, 4) is 0 Å². The number of halogens is 2. The Morgan fingerprint density at radius 3 is 2.73 bits per heavy atom. The van der Waals surface area contributed by atoms with Gasteiger partial charge in [-0.1, -0.05) is 0 Å². The van der Waals surface area contributed by atoms with E-state index in [-0.39, 0.29) is 5.56 Å². The van der Waals surface area contributed by atoms with Crippen LogP contribution in [0.15, 0.2) is 30.5 Å². The molecule has 2 aromatic rings. The van der Waals surface area contributed by atoms with Gasteiger partial charge in [-0.05, 0) is 24.3 Å². The summed E-state index contributed by atoms with van der Waals surface area (Å²) in [6.07, 6.45) is 0.193. The van der Waals surface area contributed by atoms with E-state index < -0.39 is 17.7 Å². The molecule has 1 aromatic heterocycles. The van der Waals surface area contributed by atoms with Crippen LogP contribution in [-0.4, -0.2) is 15.3 Å². The Hall–Kier alpha value is -1.75. The molecule has 15 heavy (non-hydrogen) atoms. The van der Waals surface area contributed by atoms with Gasteiger partial charge in [-0.25, -0.2) is 8.78 Å². The molecule has 2 N–H and O–H groups in total. The van der Waals surface area contributed by atoms with E-state index in [1.165, 1.54) is 12.3 Å². The average molecular weight is 210 g/mol. The second-order valence-corrected chi connectivity index (χ2v) is 3.08. The summed E-state index contributed by atoms with van der Waals surface area (Å²) < 4.78 is 26.1. The topological polar surface area (TPSA) is 48.9 Å². The minimum Gasteiger partial charge on any atom is -0.382 e. The van der Waals surface area contributed by atoms with Crippen LogP contribution in [0.4, 0.5) is 8.78 Å². The van der Waals surface area contributed by atoms with Crippen molar-refractivity contribution in [2.75, 3.05) is 0 Å². The van der Waals surface area contributed by atoms with Crippen molar-refractivity contribution < 1.29 is 13.9 Å². The lowest BCUT2D eigenvalue weighted by molar-refractivity contribution is 0.209. The quantitative estimate of drug-likeness (QED) is 0.793. The molecule has 0 amide bonds. The zero-order valence-corrected chi connectivity index (χ0v) is 7.61. The smallest absolute Gasteiger partial charge is 0.129 e. The third-order valence-electron chi connectivity index (χ3n) is 2.07. The van der Waals surface area contributed by atoms with E-state index in [9.17, 15) is 13.9 Å². The zero-order chi connectivity index (χ0) is 10.8. The van der Waals surface area contributed by atoms with E-state index in [0.717, 1.165) is 18.2 Å². The van der Waals surface area contributed by atoms with Gasteiger partial charge in [-0.2, -0.15) is 5.10 Å². The molecule has 0 saturated heterocycles. The number of aliphatic hydroxyl groups excluding tert-OH is 1. The maximum absolute atomic E-state index is 13.3. The first kappa shape index (κ1) is 9.79. The van der Waals surface area contributed by atoms with Gasteiger partial charge in [0.25, 0.3) is 0 Å². The number of nitrogens with one attached hydrogen (secondary N) is 1. The van der Waals surface area contributed by atoms with Gasteiger partial charge in [0.15, 0.2) is 0 Å². The van der Waals surface area contributed by atoms with Crippen molar-refractivity contribution in [1.29, 1.82) is 0 Å². The van der Waals surface area contributed by atoms with Crippen LogP contribution in [0.2, 0.25) is 0 Å². The highest BCUT2D eigenvalue weighted by Gasteiger charge is 2.16. The van der Waals surface area contributed by atoms with Gasteiger partial charge in [0.1, 0.15) is 17.7 Å². The van der Waals surface area contributed by atoms with Crippen LogP contribution in [0.1, 0.15) is 17.4 Å². The average Bonchev–Trinajstić information content (AvgIpc) is 2.74. The van der Waals surface area contributed by atoms with Gasteiger partial charge in [0, 0.05) is 11.8 Å². The van der Waals surface area contributed by atoms with Crippen molar-refractivity contribution in [2.45, 2.75) is 6.10 Å². The second kappa shape index (κ2) is 3.78. The third kappa shape index (κ3) is 1.87. The van der Waals surface area contributed by atoms with Crippen LogP contribution in [0.25, 0.3) is 0 Å². The molecule has 0 saturated carbocycles. The number of rotatable bonds is 2. The molecule has 1 heterocycles. The molecule has 1 aromatic carbocycles. The highest BCUT2D eigenvalue weighted by molar-refractivity contribution is 5.26.